The first-order chi connectivity index (χ1) is 8.59. The van der Waals surface area contributed by atoms with E-state index in [9.17, 15) is 4.79 Å². The van der Waals surface area contributed by atoms with Crippen LogP contribution in [-0.4, -0.2) is 11.1 Å². The van der Waals surface area contributed by atoms with Gasteiger partial charge < -0.3 is 5.11 Å². The Morgan fingerprint density at radius 1 is 1.22 bits per heavy atom. The summed E-state index contributed by atoms with van der Waals surface area (Å²) in [5.74, 6) is -0.539. The lowest BCUT2D eigenvalue weighted by Gasteiger charge is -2.14. The first-order valence-corrected chi connectivity index (χ1v) is 6.36. The summed E-state index contributed by atoms with van der Waals surface area (Å²) < 4.78 is 0. The highest BCUT2D eigenvalue weighted by atomic mass is 35.5. The number of benzene rings is 2. The number of carboxylic acids is 1. The van der Waals surface area contributed by atoms with Crippen molar-refractivity contribution in [2.24, 2.45) is 0 Å². The molecule has 3 heteroatoms. The molecule has 0 saturated carbocycles. The molecule has 0 aromatic heterocycles. The summed E-state index contributed by atoms with van der Waals surface area (Å²) in [5, 5.41) is 11.6. The Bertz CT molecular complexity index is 578. The Morgan fingerprint density at radius 3 is 2.56 bits per heavy atom. The molecule has 0 saturated heterocycles. The first-order valence-electron chi connectivity index (χ1n) is 5.98. The molecule has 0 radical (unpaired) electrons. The summed E-state index contributed by atoms with van der Waals surface area (Å²) in [6, 6.07) is 11.8. The van der Waals surface area contributed by atoms with Crippen molar-refractivity contribution in [3.05, 3.63) is 47.0 Å². The van der Waals surface area contributed by atoms with Crippen LogP contribution < -0.4 is 0 Å². The Labute approximate surface area is 111 Å². The summed E-state index contributed by atoms with van der Waals surface area (Å²) >= 11 is 6.17. The topological polar surface area (TPSA) is 37.3 Å². The lowest BCUT2D eigenvalue weighted by molar-refractivity contribution is -0.137. The highest BCUT2D eigenvalue weighted by Crippen LogP contribution is 2.32. The highest BCUT2D eigenvalue weighted by molar-refractivity contribution is 6.35. The number of hydrogen-bond donors (Lipinski definition) is 1. The van der Waals surface area contributed by atoms with E-state index in [0.717, 1.165) is 21.4 Å². The van der Waals surface area contributed by atoms with Crippen LogP contribution in [0.1, 0.15) is 31.2 Å². The van der Waals surface area contributed by atoms with Crippen molar-refractivity contribution in [3.8, 4) is 0 Å². The fourth-order valence-corrected chi connectivity index (χ4v) is 2.44. The number of carbonyl (C=O) groups is 1. The number of aliphatic carboxylic acids is 1. The van der Waals surface area contributed by atoms with Gasteiger partial charge in [-0.3, -0.25) is 4.79 Å². The molecule has 0 heterocycles. The summed E-state index contributed by atoms with van der Waals surface area (Å²) in [4.78, 5) is 10.6. The van der Waals surface area contributed by atoms with Crippen LogP contribution in [-0.2, 0) is 4.79 Å². The van der Waals surface area contributed by atoms with Crippen LogP contribution >= 0.6 is 11.6 Å². The van der Waals surface area contributed by atoms with Crippen LogP contribution in [0.3, 0.4) is 0 Å². The minimum Gasteiger partial charge on any atom is -0.481 e. The van der Waals surface area contributed by atoms with Gasteiger partial charge in [0.05, 0.1) is 0 Å². The molecule has 2 rings (SSSR count). The van der Waals surface area contributed by atoms with Crippen molar-refractivity contribution >= 4 is 28.3 Å². The van der Waals surface area contributed by atoms with Gasteiger partial charge in [0.15, 0.2) is 0 Å². The van der Waals surface area contributed by atoms with Gasteiger partial charge in [0, 0.05) is 16.8 Å². The molecule has 0 spiro atoms. The van der Waals surface area contributed by atoms with Gasteiger partial charge in [0.2, 0.25) is 0 Å². The number of halogens is 1. The predicted molar refractivity (Wildman–Crippen MR) is 74.2 cm³/mol. The summed E-state index contributed by atoms with van der Waals surface area (Å²) in [7, 11) is 0. The van der Waals surface area contributed by atoms with E-state index in [-0.39, 0.29) is 12.3 Å². The second-order valence-electron chi connectivity index (χ2n) is 4.52. The van der Waals surface area contributed by atoms with E-state index >= 15 is 0 Å². The second-order valence-corrected chi connectivity index (χ2v) is 4.92. The third-order valence-electron chi connectivity index (χ3n) is 3.23. The zero-order valence-electron chi connectivity index (χ0n) is 10.2. The van der Waals surface area contributed by atoms with Gasteiger partial charge in [-0.15, -0.1) is 0 Å². The summed E-state index contributed by atoms with van der Waals surface area (Å²) in [6.07, 6.45) is 0.832. The lowest BCUT2D eigenvalue weighted by atomic mass is 9.91. The molecule has 0 fully saturated rings. The first kappa shape index (κ1) is 12.9. The van der Waals surface area contributed by atoms with Gasteiger partial charge in [-0.2, -0.15) is 0 Å². The summed E-state index contributed by atoms with van der Waals surface area (Å²) in [5.41, 5.74) is 1.16. The molecule has 0 aliphatic carbocycles. The normalized spacial score (nSPS) is 12.6. The number of hydrogen-bond acceptors (Lipinski definition) is 1. The maximum Gasteiger partial charge on any atom is 0.303 e. The molecule has 2 aromatic carbocycles. The second kappa shape index (κ2) is 5.40. The molecule has 2 nitrogen and oxygen atoms in total. The van der Waals surface area contributed by atoms with Crippen molar-refractivity contribution in [2.75, 3.05) is 0 Å². The molecule has 0 bridgehead atoms. The van der Waals surface area contributed by atoms with E-state index in [1.165, 1.54) is 0 Å². The summed E-state index contributed by atoms with van der Waals surface area (Å²) in [6.45, 7) is 2.05. The minimum atomic E-state index is -0.750. The Morgan fingerprint density at radius 2 is 1.89 bits per heavy atom. The molecule has 1 atom stereocenters. The monoisotopic (exact) mass is 262 g/mol. The van der Waals surface area contributed by atoms with Crippen molar-refractivity contribution < 1.29 is 9.90 Å². The van der Waals surface area contributed by atoms with Crippen LogP contribution in [0.4, 0.5) is 0 Å². The van der Waals surface area contributed by atoms with E-state index in [4.69, 9.17) is 16.7 Å². The Hall–Kier alpha value is -1.54. The molecule has 0 amide bonds. The quantitative estimate of drug-likeness (QED) is 0.883. The standard InChI is InChI=1S/C15H15ClO2/c1-10(6-9-15(17)18)11-7-8-14(16)13-5-3-2-4-12(11)13/h2-5,7-8,10H,6,9H2,1H3,(H,17,18). The van der Waals surface area contributed by atoms with E-state index in [0.29, 0.717) is 6.42 Å². The zero-order valence-corrected chi connectivity index (χ0v) is 10.9. The maximum absolute atomic E-state index is 10.6. The molecule has 1 unspecified atom stereocenters. The Kier molecular flexibility index (Phi) is 3.87. The van der Waals surface area contributed by atoms with Crippen molar-refractivity contribution in [2.45, 2.75) is 25.7 Å². The highest BCUT2D eigenvalue weighted by Gasteiger charge is 2.12. The lowest BCUT2D eigenvalue weighted by Crippen LogP contribution is -2.00. The number of rotatable bonds is 4. The average molecular weight is 263 g/mol. The third kappa shape index (κ3) is 2.65. The van der Waals surface area contributed by atoms with Crippen LogP contribution in [0.15, 0.2) is 36.4 Å². The molecular weight excluding hydrogens is 248 g/mol. The SMILES string of the molecule is CC(CCC(=O)O)c1ccc(Cl)c2ccccc12. The molecule has 0 aliphatic rings. The van der Waals surface area contributed by atoms with Crippen molar-refractivity contribution in [3.63, 3.8) is 0 Å². The van der Waals surface area contributed by atoms with Gasteiger partial charge in [-0.05, 0) is 29.4 Å². The molecule has 1 N–H and O–H groups in total. The van der Waals surface area contributed by atoms with Crippen molar-refractivity contribution in [1.82, 2.24) is 0 Å². The van der Waals surface area contributed by atoms with Crippen LogP contribution in [0, 0.1) is 0 Å². The maximum atomic E-state index is 10.6. The minimum absolute atomic E-state index is 0.193. The third-order valence-corrected chi connectivity index (χ3v) is 3.56. The smallest absolute Gasteiger partial charge is 0.303 e. The van der Waals surface area contributed by atoms with Crippen LogP contribution in [0.25, 0.3) is 10.8 Å². The van der Waals surface area contributed by atoms with Gasteiger partial charge in [0.1, 0.15) is 0 Å². The average Bonchev–Trinajstić information content (AvgIpc) is 2.37. The predicted octanol–water partition coefficient (Wildman–Crippen LogP) is 4.46. The van der Waals surface area contributed by atoms with E-state index in [2.05, 4.69) is 6.92 Å². The Balaban J connectivity index is 2.39. The molecule has 0 aliphatic heterocycles. The van der Waals surface area contributed by atoms with E-state index in [1.807, 2.05) is 36.4 Å². The molecule has 18 heavy (non-hydrogen) atoms. The van der Waals surface area contributed by atoms with Gasteiger partial charge >= 0.3 is 5.97 Å². The van der Waals surface area contributed by atoms with Gasteiger partial charge in [0.25, 0.3) is 0 Å². The molecular formula is C15H15ClO2. The number of fused-ring (bicyclic) bond motifs is 1. The van der Waals surface area contributed by atoms with Crippen LogP contribution in [0.5, 0.6) is 0 Å². The van der Waals surface area contributed by atoms with Gasteiger partial charge in [-0.1, -0.05) is 48.9 Å². The zero-order chi connectivity index (χ0) is 13.1. The van der Waals surface area contributed by atoms with Crippen molar-refractivity contribution in [1.29, 1.82) is 0 Å². The fourth-order valence-electron chi connectivity index (χ4n) is 2.21. The van der Waals surface area contributed by atoms with Crippen LogP contribution in [0.2, 0.25) is 5.02 Å². The largest absolute Gasteiger partial charge is 0.481 e. The fraction of sp³-hybridized carbons (Fsp3) is 0.267. The van der Waals surface area contributed by atoms with E-state index < -0.39 is 5.97 Å². The number of carboxylic acid groups (broad SMARTS) is 1. The van der Waals surface area contributed by atoms with Gasteiger partial charge in [-0.25, -0.2) is 0 Å². The molecule has 94 valence electrons. The molecule has 2 aromatic rings. The van der Waals surface area contributed by atoms with E-state index in [1.54, 1.807) is 0 Å².